The van der Waals surface area contributed by atoms with Crippen LogP contribution in [0.2, 0.25) is 10.0 Å². The summed E-state index contributed by atoms with van der Waals surface area (Å²) < 4.78 is 0. The van der Waals surface area contributed by atoms with Crippen molar-refractivity contribution in [3.63, 3.8) is 0 Å². The van der Waals surface area contributed by atoms with Crippen molar-refractivity contribution in [2.45, 2.75) is 19.9 Å². The van der Waals surface area contributed by atoms with Crippen molar-refractivity contribution in [2.75, 3.05) is 0 Å². The largest absolute Gasteiger partial charge is 0.383 e. The first-order valence-corrected chi connectivity index (χ1v) is 7.06. The molecule has 1 aromatic carbocycles. The molecule has 0 spiro atoms. The summed E-state index contributed by atoms with van der Waals surface area (Å²) in [5.74, 6) is -0.846. The molecule has 4 N–H and O–H groups in total. The Balaban J connectivity index is 2.94. The normalized spacial score (nSPS) is 11.2. The van der Waals surface area contributed by atoms with Crippen molar-refractivity contribution >= 4 is 35.1 Å². The number of urea groups is 1. The fraction of sp³-hybridized carbons (Fsp3) is 0.214. The molecule has 0 unspecified atom stereocenters. The first kappa shape index (κ1) is 17.8. The number of carbonyl (C=O) groups excluding carboxylic acids is 2. The summed E-state index contributed by atoms with van der Waals surface area (Å²) in [6.07, 6.45) is 0.389. The zero-order valence-corrected chi connectivity index (χ0v) is 13.3. The van der Waals surface area contributed by atoms with Crippen molar-refractivity contribution in [2.24, 2.45) is 5.73 Å². The lowest BCUT2D eigenvalue weighted by molar-refractivity contribution is -0.116. The first-order chi connectivity index (χ1) is 10.4. The summed E-state index contributed by atoms with van der Waals surface area (Å²) in [5.41, 5.74) is 5.81. The molecule has 1 rings (SSSR count). The monoisotopic (exact) mass is 340 g/mol. The SMILES string of the molecule is CCC(NCc1ccc(Cl)cc1Cl)=C(C#N)C(=O)NC(N)=O. The summed E-state index contributed by atoms with van der Waals surface area (Å²) in [5, 5.41) is 14.9. The number of hydrogen-bond donors (Lipinski definition) is 3. The molecule has 0 heterocycles. The van der Waals surface area contributed by atoms with Crippen molar-refractivity contribution in [3.8, 4) is 6.07 Å². The maximum atomic E-state index is 11.7. The topological polar surface area (TPSA) is 108 Å². The lowest BCUT2D eigenvalue weighted by Crippen LogP contribution is -2.36. The molecule has 0 radical (unpaired) electrons. The van der Waals surface area contributed by atoms with Crippen LogP contribution in [0.1, 0.15) is 18.9 Å². The van der Waals surface area contributed by atoms with Gasteiger partial charge in [-0.2, -0.15) is 5.26 Å². The molecule has 0 bridgehead atoms. The van der Waals surface area contributed by atoms with Crippen LogP contribution < -0.4 is 16.4 Å². The number of amides is 3. The Labute approximate surface area is 137 Å². The van der Waals surface area contributed by atoms with Crippen LogP contribution in [0.5, 0.6) is 0 Å². The molecule has 1 aromatic rings. The third-order valence-corrected chi connectivity index (χ3v) is 3.33. The van der Waals surface area contributed by atoms with E-state index in [-0.39, 0.29) is 5.57 Å². The summed E-state index contributed by atoms with van der Waals surface area (Å²) in [6.45, 7) is 2.06. The second kappa shape index (κ2) is 8.27. The summed E-state index contributed by atoms with van der Waals surface area (Å²) in [7, 11) is 0. The second-order valence-electron chi connectivity index (χ2n) is 4.23. The van der Waals surface area contributed by atoms with E-state index in [4.69, 9.17) is 34.2 Å². The van der Waals surface area contributed by atoms with E-state index in [0.29, 0.717) is 28.7 Å². The van der Waals surface area contributed by atoms with Gasteiger partial charge in [0.2, 0.25) is 0 Å². The van der Waals surface area contributed by atoms with Crippen molar-refractivity contribution < 1.29 is 9.59 Å². The highest BCUT2D eigenvalue weighted by atomic mass is 35.5. The van der Waals surface area contributed by atoms with Crippen LogP contribution in [-0.4, -0.2) is 11.9 Å². The minimum absolute atomic E-state index is 0.202. The Morgan fingerprint density at radius 2 is 2.05 bits per heavy atom. The van der Waals surface area contributed by atoms with Gasteiger partial charge < -0.3 is 11.1 Å². The number of nitrogens with one attached hydrogen (secondary N) is 2. The molecule has 0 aliphatic carbocycles. The van der Waals surface area contributed by atoms with Gasteiger partial charge in [-0.1, -0.05) is 36.2 Å². The summed E-state index contributed by atoms with van der Waals surface area (Å²) >= 11 is 11.9. The first-order valence-electron chi connectivity index (χ1n) is 6.30. The van der Waals surface area contributed by atoms with E-state index in [1.54, 1.807) is 31.2 Å². The van der Waals surface area contributed by atoms with Gasteiger partial charge in [0.1, 0.15) is 11.6 Å². The molecule has 0 fully saturated rings. The number of hydrogen-bond acceptors (Lipinski definition) is 4. The molecular weight excluding hydrogens is 327 g/mol. The van der Waals surface area contributed by atoms with Crippen LogP contribution >= 0.6 is 23.2 Å². The molecule has 0 saturated heterocycles. The van der Waals surface area contributed by atoms with E-state index < -0.39 is 11.9 Å². The number of rotatable bonds is 5. The molecule has 0 aliphatic rings. The maximum Gasteiger partial charge on any atom is 0.319 e. The van der Waals surface area contributed by atoms with Gasteiger partial charge in [-0.15, -0.1) is 0 Å². The number of nitriles is 1. The zero-order valence-electron chi connectivity index (χ0n) is 11.7. The smallest absolute Gasteiger partial charge is 0.319 e. The van der Waals surface area contributed by atoms with Gasteiger partial charge in [0.05, 0.1) is 0 Å². The number of halogens is 2. The fourth-order valence-corrected chi connectivity index (χ4v) is 2.16. The lowest BCUT2D eigenvalue weighted by Gasteiger charge is -2.12. The van der Waals surface area contributed by atoms with Gasteiger partial charge in [-0.3, -0.25) is 10.1 Å². The molecule has 0 aliphatic heterocycles. The number of benzene rings is 1. The highest BCUT2D eigenvalue weighted by molar-refractivity contribution is 6.35. The van der Waals surface area contributed by atoms with Gasteiger partial charge in [0.15, 0.2) is 0 Å². The maximum absolute atomic E-state index is 11.7. The minimum Gasteiger partial charge on any atom is -0.383 e. The van der Waals surface area contributed by atoms with Gasteiger partial charge in [-0.05, 0) is 24.1 Å². The van der Waals surface area contributed by atoms with Gasteiger partial charge in [-0.25, -0.2) is 4.79 Å². The molecule has 116 valence electrons. The molecule has 8 heteroatoms. The van der Waals surface area contributed by atoms with Crippen LogP contribution in [0.25, 0.3) is 0 Å². The van der Waals surface area contributed by atoms with Crippen molar-refractivity contribution in [1.82, 2.24) is 10.6 Å². The number of nitrogens with zero attached hydrogens (tertiary/aromatic N) is 1. The third kappa shape index (κ3) is 4.95. The van der Waals surface area contributed by atoms with E-state index >= 15 is 0 Å². The number of allylic oxidation sites excluding steroid dienone is 1. The van der Waals surface area contributed by atoms with Gasteiger partial charge in [0.25, 0.3) is 5.91 Å². The predicted octanol–water partition coefficient (Wildman–Crippen LogP) is 2.47. The van der Waals surface area contributed by atoms with Gasteiger partial charge >= 0.3 is 6.03 Å². The number of nitrogens with two attached hydrogens (primary N) is 1. The Morgan fingerprint density at radius 1 is 1.36 bits per heavy atom. The highest BCUT2D eigenvalue weighted by Crippen LogP contribution is 2.21. The zero-order chi connectivity index (χ0) is 16.7. The average Bonchev–Trinajstić information content (AvgIpc) is 2.44. The average molecular weight is 341 g/mol. The number of imide groups is 1. The van der Waals surface area contributed by atoms with E-state index in [1.165, 1.54) is 0 Å². The Morgan fingerprint density at radius 3 is 2.55 bits per heavy atom. The Hall–Kier alpha value is -2.23. The quantitative estimate of drug-likeness (QED) is 0.565. The summed E-state index contributed by atoms with van der Waals surface area (Å²) in [6, 6.07) is 5.76. The van der Waals surface area contributed by atoms with Crippen LogP contribution in [-0.2, 0) is 11.3 Å². The van der Waals surface area contributed by atoms with Crippen molar-refractivity contribution in [3.05, 3.63) is 45.1 Å². The minimum atomic E-state index is -1.02. The molecule has 0 aromatic heterocycles. The summed E-state index contributed by atoms with van der Waals surface area (Å²) in [4.78, 5) is 22.4. The molecular formula is C14H14Cl2N4O2. The van der Waals surface area contributed by atoms with Crippen LogP contribution in [0.3, 0.4) is 0 Å². The van der Waals surface area contributed by atoms with E-state index in [2.05, 4.69) is 5.32 Å². The van der Waals surface area contributed by atoms with Crippen LogP contribution in [0.4, 0.5) is 4.79 Å². The molecule has 0 atom stereocenters. The number of carbonyl (C=O) groups is 2. The lowest BCUT2D eigenvalue weighted by atomic mass is 10.1. The highest BCUT2D eigenvalue weighted by Gasteiger charge is 2.16. The van der Waals surface area contributed by atoms with Gasteiger partial charge in [0, 0.05) is 22.3 Å². The standard InChI is InChI=1S/C14H14Cl2N4O2/c1-2-12(10(6-17)13(21)20-14(18)22)19-7-8-3-4-9(15)5-11(8)16/h3-5,19H,2,7H2,1H3,(H3,18,20,21,22). The molecule has 22 heavy (non-hydrogen) atoms. The molecule has 6 nitrogen and oxygen atoms in total. The predicted molar refractivity (Wildman–Crippen MR) is 84.0 cm³/mol. The second-order valence-corrected chi connectivity index (χ2v) is 5.07. The van der Waals surface area contributed by atoms with Crippen molar-refractivity contribution in [1.29, 1.82) is 5.26 Å². The van der Waals surface area contributed by atoms with E-state index in [1.807, 2.05) is 5.32 Å². The third-order valence-electron chi connectivity index (χ3n) is 2.74. The Bertz CT molecular complexity index is 665. The van der Waals surface area contributed by atoms with Crippen LogP contribution in [0, 0.1) is 11.3 Å². The van der Waals surface area contributed by atoms with E-state index in [9.17, 15) is 9.59 Å². The van der Waals surface area contributed by atoms with E-state index in [0.717, 1.165) is 5.56 Å². The molecule has 3 amide bonds. The number of primary amides is 1. The Kier molecular flexibility index (Phi) is 6.70. The molecule has 0 saturated carbocycles. The van der Waals surface area contributed by atoms with Crippen LogP contribution in [0.15, 0.2) is 29.5 Å². The fourth-order valence-electron chi connectivity index (χ4n) is 1.69.